The fourth-order valence-electron chi connectivity index (χ4n) is 0.552. The highest BCUT2D eigenvalue weighted by Crippen LogP contribution is 1.78. The normalized spacial score (nSPS) is 9.67. The van der Waals surface area contributed by atoms with E-state index in [1.807, 2.05) is 0 Å². The molecular weight excluding hydrogens is 158 g/mol. The van der Waals surface area contributed by atoms with E-state index in [4.69, 9.17) is 26.4 Å². The highest BCUT2D eigenvalue weighted by molar-refractivity contribution is 4.82. The Bertz CT molecular complexity index is 122. The van der Waals surface area contributed by atoms with Gasteiger partial charge in [-0.25, -0.2) is 0 Å². The first-order valence-electron chi connectivity index (χ1n) is 3.78. The van der Waals surface area contributed by atoms with Crippen LogP contribution in [0.4, 0.5) is 0 Å². The van der Waals surface area contributed by atoms with Crippen LogP contribution in [-0.2, 0) is 14.2 Å². The summed E-state index contributed by atoms with van der Waals surface area (Å²) in [7, 11) is 0. The first-order valence-corrected chi connectivity index (χ1v) is 3.78. The Labute approximate surface area is 73.0 Å². The molecule has 4 heteroatoms. The van der Waals surface area contributed by atoms with Crippen molar-refractivity contribution in [1.82, 2.24) is 0 Å². The van der Waals surface area contributed by atoms with Crippen molar-refractivity contribution in [2.24, 2.45) is 5.73 Å². The standard InChI is InChI=1S/C8H15NO3/c1-2-3-10-4-5-11-6-7-12-8-9/h1H,3-9H2. The minimum absolute atomic E-state index is 0.233. The third kappa shape index (κ3) is 9.40. The minimum Gasteiger partial charge on any atom is -0.377 e. The molecule has 0 fully saturated rings. The third-order valence-corrected chi connectivity index (χ3v) is 1.05. The molecule has 0 saturated carbocycles. The maximum Gasteiger partial charge on any atom is 0.107 e. The van der Waals surface area contributed by atoms with Gasteiger partial charge in [0.2, 0.25) is 0 Å². The van der Waals surface area contributed by atoms with Gasteiger partial charge in [0.1, 0.15) is 6.61 Å². The predicted molar refractivity (Wildman–Crippen MR) is 45.5 cm³/mol. The molecule has 0 heterocycles. The van der Waals surface area contributed by atoms with Gasteiger partial charge in [-0.1, -0.05) is 5.92 Å². The average molecular weight is 173 g/mol. The van der Waals surface area contributed by atoms with Crippen molar-refractivity contribution in [2.75, 3.05) is 39.8 Å². The van der Waals surface area contributed by atoms with Crippen LogP contribution in [0, 0.1) is 12.3 Å². The molecule has 2 N–H and O–H groups in total. The molecule has 0 rings (SSSR count). The number of hydrogen-bond acceptors (Lipinski definition) is 4. The number of hydrogen-bond donors (Lipinski definition) is 1. The monoisotopic (exact) mass is 173 g/mol. The van der Waals surface area contributed by atoms with Gasteiger partial charge in [0.05, 0.1) is 33.2 Å². The molecule has 12 heavy (non-hydrogen) atoms. The van der Waals surface area contributed by atoms with Gasteiger partial charge in [0.25, 0.3) is 0 Å². The molecule has 0 amide bonds. The fourth-order valence-corrected chi connectivity index (χ4v) is 0.552. The summed E-state index contributed by atoms with van der Waals surface area (Å²) in [6.45, 7) is 2.68. The lowest BCUT2D eigenvalue weighted by atomic mass is 10.7. The summed E-state index contributed by atoms with van der Waals surface area (Å²) in [5.41, 5.74) is 5.08. The van der Waals surface area contributed by atoms with E-state index in [0.29, 0.717) is 33.0 Å². The Morgan fingerprint density at radius 2 is 1.58 bits per heavy atom. The van der Waals surface area contributed by atoms with E-state index >= 15 is 0 Å². The molecule has 4 nitrogen and oxygen atoms in total. The van der Waals surface area contributed by atoms with Crippen molar-refractivity contribution in [1.29, 1.82) is 0 Å². The van der Waals surface area contributed by atoms with Gasteiger partial charge in [-0.2, -0.15) is 0 Å². The molecule has 70 valence electrons. The number of nitrogens with two attached hydrogens (primary N) is 1. The highest BCUT2D eigenvalue weighted by atomic mass is 16.5. The van der Waals surface area contributed by atoms with Crippen LogP contribution in [0.2, 0.25) is 0 Å². The van der Waals surface area contributed by atoms with Gasteiger partial charge in [0.15, 0.2) is 0 Å². The lowest BCUT2D eigenvalue weighted by molar-refractivity contribution is 0.0217. The van der Waals surface area contributed by atoms with Crippen molar-refractivity contribution in [3.8, 4) is 12.3 Å². The Hall–Kier alpha value is -0.600. The lowest BCUT2D eigenvalue weighted by Gasteiger charge is -2.03. The quantitative estimate of drug-likeness (QED) is 0.308. The number of terminal acetylenes is 1. The molecule has 0 aromatic carbocycles. The van der Waals surface area contributed by atoms with E-state index < -0.39 is 0 Å². The van der Waals surface area contributed by atoms with Gasteiger partial charge in [-0.15, -0.1) is 6.42 Å². The van der Waals surface area contributed by atoms with Crippen LogP contribution in [0.25, 0.3) is 0 Å². The summed E-state index contributed by atoms with van der Waals surface area (Å²) < 4.78 is 14.9. The largest absolute Gasteiger partial charge is 0.377 e. The van der Waals surface area contributed by atoms with Crippen molar-refractivity contribution >= 4 is 0 Å². The molecule has 0 aromatic heterocycles. The molecule has 0 unspecified atom stereocenters. The maximum atomic E-state index is 5.11. The van der Waals surface area contributed by atoms with Crippen molar-refractivity contribution in [3.63, 3.8) is 0 Å². The van der Waals surface area contributed by atoms with E-state index in [-0.39, 0.29) is 6.73 Å². The molecule has 0 radical (unpaired) electrons. The molecule has 0 aromatic rings. The highest BCUT2D eigenvalue weighted by Gasteiger charge is 1.88. The Kier molecular flexibility index (Phi) is 9.88. The topological polar surface area (TPSA) is 53.7 Å². The molecule has 0 atom stereocenters. The Morgan fingerprint density at radius 3 is 2.17 bits per heavy atom. The SMILES string of the molecule is C#CCOCCOCCOCN. The van der Waals surface area contributed by atoms with Gasteiger partial charge >= 0.3 is 0 Å². The van der Waals surface area contributed by atoms with Gasteiger partial charge in [0, 0.05) is 0 Å². The van der Waals surface area contributed by atoms with Crippen molar-refractivity contribution < 1.29 is 14.2 Å². The van der Waals surface area contributed by atoms with E-state index in [1.165, 1.54) is 0 Å². The molecule has 0 aliphatic carbocycles. The Balaban J connectivity index is 2.78. The van der Waals surface area contributed by atoms with Gasteiger partial charge < -0.3 is 19.9 Å². The smallest absolute Gasteiger partial charge is 0.107 e. The summed E-state index contributed by atoms with van der Waals surface area (Å²) in [6.07, 6.45) is 4.96. The predicted octanol–water partition coefficient (Wildman–Crippen LogP) is -0.414. The second-order valence-corrected chi connectivity index (χ2v) is 1.94. The fraction of sp³-hybridized carbons (Fsp3) is 0.750. The van der Waals surface area contributed by atoms with E-state index in [2.05, 4.69) is 5.92 Å². The van der Waals surface area contributed by atoms with E-state index in [1.54, 1.807) is 0 Å². The summed E-state index contributed by atoms with van der Waals surface area (Å²) >= 11 is 0. The molecule has 0 spiro atoms. The van der Waals surface area contributed by atoms with Crippen LogP contribution in [0.1, 0.15) is 0 Å². The summed E-state index contributed by atoms with van der Waals surface area (Å²) in [4.78, 5) is 0. The zero-order valence-corrected chi connectivity index (χ0v) is 7.12. The average Bonchev–Trinajstić information content (AvgIpc) is 2.10. The van der Waals surface area contributed by atoms with Crippen LogP contribution in [0.5, 0.6) is 0 Å². The first-order chi connectivity index (χ1) is 5.91. The van der Waals surface area contributed by atoms with Gasteiger partial charge in [-0.05, 0) is 0 Å². The van der Waals surface area contributed by atoms with Crippen LogP contribution < -0.4 is 5.73 Å². The minimum atomic E-state index is 0.233. The maximum absolute atomic E-state index is 5.11. The lowest BCUT2D eigenvalue weighted by Crippen LogP contribution is -2.12. The Morgan fingerprint density at radius 1 is 1.00 bits per heavy atom. The van der Waals surface area contributed by atoms with Crippen LogP contribution in [0.15, 0.2) is 0 Å². The molecule has 0 aliphatic rings. The third-order valence-electron chi connectivity index (χ3n) is 1.05. The van der Waals surface area contributed by atoms with Crippen LogP contribution in [-0.4, -0.2) is 39.8 Å². The first kappa shape index (κ1) is 11.4. The summed E-state index contributed by atoms with van der Waals surface area (Å²) in [5, 5.41) is 0. The zero-order chi connectivity index (χ0) is 9.07. The van der Waals surface area contributed by atoms with Crippen LogP contribution >= 0.6 is 0 Å². The van der Waals surface area contributed by atoms with Crippen molar-refractivity contribution in [2.45, 2.75) is 0 Å². The zero-order valence-electron chi connectivity index (χ0n) is 7.12. The molecule has 0 saturated heterocycles. The summed E-state index contributed by atoms with van der Waals surface area (Å²) in [5.74, 6) is 2.36. The van der Waals surface area contributed by atoms with Crippen molar-refractivity contribution in [3.05, 3.63) is 0 Å². The molecular formula is C8H15NO3. The number of rotatable bonds is 8. The summed E-state index contributed by atoms with van der Waals surface area (Å²) in [6, 6.07) is 0. The second-order valence-electron chi connectivity index (χ2n) is 1.94. The second kappa shape index (κ2) is 10.4. The van der Waals surface area contributed by atoms with Gasteiger partial charge in [-0.3, -0.25) is 0 Å². The molecule has 0 bridgehead atoms. The van der Waals surface area contributed by atoms with E-state index in [0.717, 1.165) is 0 Å². The van der Waals surface area contributed by atoms with Crippen LogP contribution in [0.3, 0.4) is 0 Å². The van der Waals surface area contributed by atoms with E-state index in [9.17, 15) is 0 Å². The molecule has 0 aliphatic heterocycles. The number of ether oxygens (including phenoxy) is 3.